The van der Waals surface area contributed by atoms with Crippen molar-refractivity contribution in [1.29, 1.82) is 0 Å². The first-order valence-corrected chi connectivity index (χ1v) is 9.90. The Bertz CT molecular complexity index is 883. The van der Waals surface area contributed by atoms with Gasteiger partial charge >= 0.3 is 0 Å². The Morgan fingerprint density at radius 3 is 2.37 bits per heavy atom. The molecule has 8 heteroatoms. The summed E-state index contributed by atoms with van der Waals surface area (Å²) in [5, 5.41) is 2.70. The molecule has 2 aromatic carbocycles. The smallest absolute Gasteiger partial charge is 0.240 e. The standard InChI is InChI=1S/C19H23FN2O4S/c1-13(2)19(23)22-16-7-9-17(10-8-16)27(24,25)21-12-18(26-3)14-5-4-6-15(20)11-14/h4-11,13,18,21H,12H2,1-3H3,(H,22,23). The van der Waals surface area contributed by atoms with Gasteiger partial charge in [0.25, 0.3) is 0 Å². The van der Waals surface area contributed by atoms with Crippen molar-refractivity contribution < 1.29 is 22.3 Å². The van der Waals surface area contributed by atoms with E-state index in [9.17, 15) is 17.6 Å². The van der Waals surface area contributed by atoms with E-state index >= 15 is 0 Å². The minimum Gasteiger partial charge on any atom is -0.375 e. The fourth-order valence-corrected chi connectivity index (χ4v) is 3.35. The summed E-state index contributed by atoms with van der Waals surface area (Å²) in [5.41, 5.74) is 1.05. The van der Waals surface area contributed by atoms with Crippen LogP contribution >= 0.6 is 0 Å². The predicted octanol–water partition coefficient (Wildman–Crippen LogP) is 3.09. The third-order valence-electron chi connectivity index (χ3n) is 3.92. The first-order valence-electron chi connectivity index (χ1n) is 8.42. The average molecular weight is 394 g/mol. The second-order valence-electron chi connectivity index (χ2n) is 6.30. The molecule has 0 bridgehead atoms. The number of carbonyl (C=O) groups is 1. The molecule has 0 aromatic heterocycles. The summed E-state index contributed by atoms with van der Waals surface area (Å²) in [4.78, 5) is 11.7. The Kier molecular flexibility index (Phi) is 7.06. The van der Waals surface area contributed by atoms with E-state index in [0.29, 0.717) is 11.3 Å². The zero-order chi connectivity index (χ0) is 20.0. The van der Waals surface area contributed by atoms with Gasteiger partial charge < -0.3 is 10.1 Å². The van der Waals surface area contributed by atoms with Gasteiger partial charge in [-0.1, -0.05) is 26.0 Å². The van der Waals surface area contributed by atoms with Crippen molar-refractivity contribution in [3.05, 3.63) is 59.9 Å². The summed E-state index contributed by atoms with van der Waals surface area (Å²) in [6, 6.07) is 11.7. The number of hydrogen-bond acceptors (Lipinski definition) is 4. The molecule has 0 radical (unpaired) electrons. The molecule has 0 heterocycles. The molecular weight excluding hydrogens is 371 g/mol. The van der Waals surface area contributed by atoms with E-state index < -0.39 is 21.9 Å². The number of carbonyl (C=O) groups excluding carboxylic acids is 1. The Hall–Kier alpha value is -2.29. The van der Waals surface area contributed by atoms with E-state index in [4.69, 9.17) is 4.74 Å². The van der Waals surface area contributed by atoms with Crippen molar-refractivity contribution >= 4 is 21.6 Å². The van der Waals surface area contributed by atoms with Crippen LogP contribution in [0, 0.1) is 11.7 Å². The number of nitrogens with one attached hydrogen (secondary N) is 2. The summed E-state index contributed by atoms with van der Waals surface area (Å²) in [6.45, 7) is 3.49. The maximum absolute atomic E-state index is 13.4. The molecule has 0 aliphatic heterocycles. The molecule has 2 aromatic rings. The summed E-state index contributed by atoms with van der Waals surface area (Å²) in [6.07, 6.45) is -0.625. The fraction of sp³-hybridized carbons (Fsp3) is 0.316. The number of amides is 1. The third kappa shape index (κ3) is 5.85. The van der Waals surface area contributed by atoms with Gasteiger partial charge in [0.05, 0.1) is 11.0 Å². The molecular formula is C19H23FN2O4S. The molecule has 6 nitrogen and oxygen atoms in total. The molecule has 0 saturated heterocycles. The minimum absolute atomic E-state index is 0.0475. The highest BCUT2D eigenvalue weighted by Gasteiger charge is 2.18. The molecule has 1 amide bonds. The lowest BCUT2D eigenvalue weighted by Crippen LogP contribution is -2.29. The van der Waals surface area contributed by atoms with Crippen molar-refractivity contribution in [2.24, 2.45) is 5.92 Å². The molecule has 1 atom stereocenters. The lowest BCUT2D eigenvalue weighted by Gasteiger charge is -2.17. The van der Waals surface area contributed by atoms with E-state index in [1.54, 1.807) is 19.9 Å². The van der Waals surface area contributed by atoms with Crippen molar-refractivity contribution in [3.8, 4) is 0 Å². The van der Waals surface area contributed by atoms with E-state index in [1.807, 2.05) is 0 Å². The summed E-state index contributed by atoms with van der Waals surface area (Å²) < 4.78 is 46.0. The van der Waals surface area contributed by atoms with Crippen LogP contribution in [0.2, 0.25) is 0 Å². The molecule has 2 N–H and O–H groups in total. The van der Waals surface area contributed by atoms with Crippen LogP contribution in [0.4, 0.5) is 10.1 Å². The molecule has 1 unspecified atom stereocenters. The summed E-state index contributed by atoms with van der Waals surface area (Å²) in [7, 11) is -2.35. The number of methoxy groups -OCH3 is 1. The van der Waals surface area contributed by atoms with Gasteiger partial charge in [-0.15, -0.1) is 0 Å². The lowest BCUT2D eigenvalue weighted by molar-refractivity contribution is -0.118. The third-order valence-corrected chi connectivity index (χ3v) is 5.36. The highest BCUT2D eigenvalue weighted by atomic mass is 32.2. The van der Waals surface area contributed by atoms with Gasteiger partial charge in [0.15, 0.2) is 0 Å². The van der Waals surface area contributed by atoms with Crippen LogP contribution in [0.5, 0.6) is 0 Å². The second-order valence-corrected chi connectivity index (χ2v) is 8.07. The minimum atomic E-state index is -3.78. The number of benzene rings is 2. The van der Waals surface area contributed by atoms with Crippen LogP contribution in [-0.2, 0) is 19.6 Å². The van der Waals surface area contributed by atoms with Crippen LogP contribution in [0.25, 0.3) is 0 Å². The van der Waals surface area contributed by atoms with Gasteiger partial charge in [0.2, 0.25) is 15.9 Å². The van der Waals surface area contributed by atoms with Crippen LogP contribution in [0.3, 0.4) is 0 Å². The molecule has 146 valence electrons. The Morgan fingerprint density at radius 2 is 1.81 bits per heavy atom. The predicted molar refractivity (Wildman–Crippen MR) is 101 cm³/mol. The number of ether oxygens (including phenoxy) is 1. The SMILES string of the molecule is COC(CNS(=O)(=O)c1ccc(NC(=O)C(C)C)cc1)c1cccc(F)c1. The number of anilines is 1. The highest BCUT2D eigenvalue weighted by Crippen LogP contribution is 2.19. The van der Waals surface area contributed by atoms with Gasteiger partial charge in [0, 0.05) is 25.3 Å². The van der Waals surface area contributed by atoms with E-state index in [-0.39, 0.29) is 23.3 Å². The average Bonchev–Trinajstić information content (AvgIpc) is 2.62. The Balaban J connectivity index is 2.06. The van der Waals surface area contributed by atoms with Crippen molar-refractivity contribution in [2.75, 3.05) is 19.0 Å². The summed E-state index contributed by atoms with van der Waals surface area (Å²) in [5.74, 6) is -0.748. The first-order chi connectivity index (χ1) is 12.7. The topological polar surface area (TPSA) is 84.5 Å². The molecule has 2 rings (SSSR count). The summed E-state index contributed by atoms with van der Waals surface area (Å²) >= 11 is 0. The van der Waals surface area contributed by atoms with Crippen molar-refractivity contribution in [1.82, 2.24) is 4.72 Å². The Morgan fingerprint density at radius 1 is 1.15 bits per heavy atom. The van der Waals surface area contributed by atoms with Gasteiger partial charge in [-0.3, -0.25) is 4.79 Å². The molecule has 0 fully saturated rings. The monoisotopic (exact) mass is 394 g/mol. The maximum Gasteiger partial charge on any atom is 0.240 e. The number of rotatable bonds is 8. The maximum atomic E-state index is 13.4. The zero-order valence-electron chi connectivity index (χ0n) is 15.4. The quantitative estimate of drug-likeness (QED) is 0.721. The van der Waals surface area contributed by atoms with Gasteiger partial charge in [-0.25, -0.2) is 17.5 Å². The van der Waals surface area contributed by atoms with Crippen LogP contribution < -0.4 is 10.0 Å². The largest absolute Gasteiger partial charge is 0.375 e. The molecule has 0 aliphatic rings. The van der Waals surface area contributed by atoms with E-state index in [1.165, 1.54) is 49.6 Å². The molecule has 27 heavy (non-hydrogen) atoms. The normalized spacial score (nSPS) is 12.8. The van der Waals surface area contributed by atoms with Crippen molar-refractivity contribution in [2.45, 2.75) is 24.8 Å². The molecule has 0 aliphatic carbocycles. The molecule has 0 spiro atoms. The molecule has 0 saturated carbocycles. The Labute approximate surface area is 158 Å². The highest BCUT2D eigenvalue weighted by molar-refractivity contribution is 7.89. The lowest BCUT2D eigenvalue weighted by atomic mass is 10.1. The number of hydrogen-bond donors (Lipinski definition) is 2. The first kappa shape index (κ1) is 21.0. The zero-order valence-corrected chi connectivity index (χ0v) is 16.2. The van der Waals surface area contributed by atoms with Crippen LogP contribution in [0.15, 0.2) is 53.4 Å². The van der Waals surface area contributed by atoms with Crippen molar-refractivity contribution in [3.63, 3.8) is 0 Å². The fourth-order valence-electron chi connectivity index (χ4n) is 2.32. The van der Waals surface area contributed by atoms with Crippen LogP contribution in [-0.4, -0.2) is 28.0 Å². The number of sulfonamides is 1. The van der Waals surface area contributed by atoms with E-state index in [2.05, 4.69) is 10.0 Å². The van der Waals surface area contributed by atoms with Gasteiger partial charge in [0.1, 0.15) is 5.82 Å². The number of halogens is 1. The van der Waals surface area contributed by atoms with Gasteiger partial charge in [-0.2, -0.15) is 0 Å². The second kappa shape index (κ2) is 9.07. The van der Waals surface area contributed by atoms with E-state index in [0.717, 1.165) is 0 Å². The van der Waals surface area contributed by atoms with Gasteiger partial charge in [-0.05, 0) is 42.0 Å². The van der Waals surface area contributed by atoms with Crippen LogP contribution in [0.1, 0.15) is 25.5 Å².